The topological polar surface area (TPSA) is 146 Å². The molecule has 3 aromatic carbocycles. The molecular weight excluding hydrogens is 524 g/mol. The van der Waals surface area contributed by atoms with Crippen molar-refractivity contribution in [2.45, 2.75) is 6.54 Å². The third kappa shape index (κ3) is 5.18. The second-order valence-electron chi connectivity index (χ2n) is 8.65. The number of thioether (sulfide) groups is 1. The van der Waals surface area contributed by atoms with Gasteiger partial charge in [-0.05, 0) is 41.6 Å². The van der Waals surface area contributed by atoms with Gasteiger partial charge >= 0.3 is 0 Å². The second-order valence-corrected chi connectivity index (χ2v) is 9.64. The Hall–Kier alpha value is -5.10. The van der Waals surface area contributed by atoms with Crippen molar-refractivity contribution in [3.05, 3.63) is 121 Å². The number of aromatic nitrogens is 1. The van der Waals surface area contributed by atoms with Crippen molar-refractivity contribution in [1.82, 2.24) is 9.47 Å². The number of nitro benzene ring substituents is 2. The lowest BCUT2D eigenvalue weighted by Gasteiger charge is -2.11. The SMILES string of the molecule is O=C(CN1C(=O)S/C(=C\c2cn(Cc3ccc([N+](=O)[O-])cc3)c3ccccc23)C1=O)c1ccc([N+](=O)[O-])cc1. The van der Waals surface area contributed by atoms with Crippen LogP contribution in [0.1, 0.15) is 21.5 Å². The zero-order valence-electron chi connectivity index (χ0n) is 20.1. The van der Waals surface area contributed by atoms with Crippen molar-refractivity contribution in [3.63, 3.8) is 0 Å². The van der Waals surface area contributed by atoms with Gasteiger partial charge < -0.3 is 4.57 Å². The number of para-hydroxylation sites is 1. The summed E-state index contributed by atoms with van der Waals surface area (Å²) in [5.41, 5.74) is 2.39. The Kier molecular flexibility index (Phi) is 6.77. The lowest BCUT2D eigenvalue weighted by molar-refractivity contribution is -0.385. The second kappa shape index (κ2) is 10.3. The number of fused-ring (bicyclic) bond motifs is 1. The van der Waals surface area contributed by atoms with E-state index >= 15 is 0 Å². The molecule has 0 aliphatic carbocycles. The van der Waals surface area contributed by atoms with Crippen molar-refractivity contribution < 1.29 is 24.2 Å². The minimum Gasteiger partial charge on any atom is -0.342 e. The number of nitro groups is 2. The summed E-state index contributed by atoms with van der Waals surface area (Å²) >= 11 is 0.730. The van der Waals surface area contributed by atoms with Crippen LogP contribution in [0.3, 0.4) is 0 Å². The normalized spacial score (nSPS) is 14.4. The number of benzene rings is 3. The number of ketones is 1. The number of imide groups is 1. The summed E-state index contributed by atoms with van der Waals surface area (Å²) in [5.74, 6) is -1.12. The van der Waals surface area contributed by atoms with Gasteiger partial charge in [-0.2, -0.15) is 0 Å². The third-order valence-electron chi connectivity index (χ3n) is 6.18. The maximum Gasteiger partial charge on any atom is 0.293 e. The highest BCUT2D eigenvalue weighted by molar-refractivity contribution is 8.18. The number of carbonyl (C=O) groups is 3. The molecule has 1 saturated heterocycles. The molecule has 5 rings (SSSR count). The fourth-order valence-electron chi connectivity index (χ4n) is 4.22. The minimum absolute atomic E-state index is 0.000381. The van der Waals surface area contributed by atoms with Crippen LogP contribution in [0.25, 0.3) is 17.0 Å². The number of hydrogen-bond donors (Lipinski definition) is 0. The molecule has 1 aliphatic rings. The molecule has 0 radical (unpaired) electrons. The molecule has 11 nitrogen and oxygen atoms in total. The summed E-state index contributed by atoms with van der Waals surface area (Å²) in [6.45, 7) is -0.0563. The summed E-state index contributed by atoms with van der Waals surface area (Å²) in [5, 5.41) is 22.0. The van der Waals surface area contributed by atoms with Crippen LogP contribution in [0.15, 0.2) is 83.9 Å². The van der Waals surface area contributed by atoms with Crippen LogP contribution < -0.4 is 0 Å². The lowest BCUT2D eigenvalue weighted by atomic mass is 10.1. The van der Waals surface area contributed by atoms with Gasteiger partial charge in [-0.3, -0.25) is 39.5 Å². The van der Waals surface area contributed by atoms with Crippen molar-refractivity contribution in [3.8, 4) is 0 Å². The Morgan fingerprint density at radius 3 is 2.13 bits per heavy atom. The van der Waals surface area contributed by atoms with E-state index in [0.29, 0.717) is 12.1 Å². The standard InChI is InChI=1S/C27H18N4O7S/c32-24(18-7-11-21(12-8-18)31(37)38)16-29-26(33)25(39-27(29)34)13-19-15-28(23-4-2-1-3-22(19)23)14-17-5-9-20(10-6-17)30(35)36/h1-13,15H,14,16H2/b25-13-. The monoisotopic (exact) mass is 542 g/mol. The number of non-ortho nitro benzene ring substituents is 2. The van der Waals surface area contributed by atoms with Crippen LogP contribution in [0.4, 0.5) is 16.2 Å². The lowest BCUT2D eigenvalue weighted by Crippen LogP contribution is -2.33. The van der Waals surface area contributed by atoms with Crippen LogP contribution in [0.5, 0.6) is 0 Å². The van der Waals surface area contributed by atoms with Crippen LogP contribution in [-0.2, 0) is 11.3 Å². The molecule has 1 fully saturated rings. The molecule has 0 saturated carbocycles. The zero-order valence-corrected chi connectivity index (χ0v) is 20.9. The number of hydrogen-bond acceptors (Lipinski definition) is 8. The van der Waals surface area contributed by atoms with Crippen molar-refractivity contribution in [2.75, 3.05) is 6.54 Å². The Morgan fingerprint density at radius 2 is 1.49 bits per heavy atom. The van der Waals surface area contributed by atoms with Gasteiger partial charge in [0.25, 0.3) is 22.5 Å². The van der Waals surface area contributed by atoms with E-state index in [1.807, 2.05) is 35.0 Å². The maximum atomic E-state index is 13.1. The highest BCUT2D eigenvalue weighted by atomic mass is 32.2. The molecule has 0 unspecified atom stereocenters. The Labute approximate surface area is 224 Å². The Bertz CT molecular complexity index is 1690. The number of Topliss-reactive ketones (excluding diaryl/α,β-unsaturated/α-hetero) is 1. The van der Waals surface area contributed by atoms with Crippen molar-refractivity contribution >= 4 is 57.0 Å². The van der Waals surface area contributed by atoms with E-state index in [0.717, 1.165) is 33.1 Å². The van der Waals surface area contributed by atoms with Gasteiger partial charge in [0.05, 0.1) is 21.3 Å². The molecular formula is C27H18N4O7S. The number of amides is 2. The van der Waals surface area contributed by atoms with Crippen molar-refractivity contribution in [2.24, 2.45) is 0 Å². The quantitative estimate of drug-likeness (QED) is 0.124. The molecule has 4 aromatic rings. The van der Waals surface area contributed by atoms with E-state index in [1.54, 1.807) is 18.2 Å². The maximum absolute atomic E-state index is 13.1. The number of nitrogens with zero attached hydrogens (tertiary/aromatic N) is 4. The first kappa shape index (κ1) is 25.5. The van der Waals surface area contributed by atoms with Crippen LogP contribution in [-0.4, -0.2) is 42.8 Å². The molecule has 12 heteroatoms. The van der Waals surface area contributed by atoms with E-state index in [9.17, 15) is 34.6 Å². The average molecular weight is 543 g/mol. The third-order valence-corrected chi connectivity index (χ3v) is 7.09. The zero-order chi connectivity index (χ0) is 27.7. The molecule has 0 bridgehead atoms. The first-order valence-electron chi connectivity index (χ1n) is 11.6. The predicted molar refractivity (Wildman–Crippen MR) is 144 cm³/mol. The number of rotatable bonds is 8. The molecule has 39 heavy (non-hydrogen) atoms. The fourth-order valence-corrected chi connectivity index (χ4v) is 5.05. The molecule has 0 N–H and O–H groups in total. The number of carbonyl (C=O) groups excluding carboxylic acids is 3. The van der Waals surface area contributed by atoms with Crippen LogP contribution in [0.2, 0.25) is 0 Å². The highest BCUT2D eigenvalue weighted by Crippen LogP contribution is 2.34. The van der Waals surface area contributed by atoms with Gasteiger partial charge in [-0.25, -0.2) is 0 Å². The highest BCUT2D eigenvalue weighted by Gasteiger charge is 2.36. The van der Waals surface area contributed by atoms with Gasteiger partial charge in [0.15, 0.2) is 5.78 Å². The van der Waals surface area contributed by atoms with Gasteiger partial charge in [0.2, 0.25) is 0 Å². The molecule has 194 valence electrons. The molecule has 0 atom stereocenters. The van der Waals surface area contributed by atoms with Gasteiger partial charge in [-0.1, -0.05) is 30.3 Å². The van der Waals surface area contributed by atoms with E-state index < -0.39 is 33.3 Å². The van der Waals surface area contributed by atoms with Gasteiger partial charge in [0, 0.05) is 59.0 Å². The summed E-state index contributed by atoms with van der Waals surface area (Å²) in [6.07, 6.45) is 3.44. The van der Waals surface area contributed by atoms with Gasteiger partial charge in [0.1, 0.15) is 0 Å². The van der Waals surface area contributed by atoms with Crippen LogP contribution in [0, 0.1) is 20.2 Å². The fraction of sp³-hybridized carbons (Fsp3) is 0.0741. The first-order chi connectivity index (χ1) is 18.7. The largest absolute Gasteiger partial charge is 0.342 e. The molecule has 1 aliphatic heterocycles. The smallest absolute Gasteiger partial charge is 0.293 e. The van der Waals surface area contributed by atoms with Crippen molar-refractivity contribution in [1.29, 1.82) is 0 Å². The Morgan fingerprint density at radius 1 is 0.872 bits per heavy atom. The molecule has 1 aromatic heterocycles. The van der Waals surface area contributed by atoms with Crippen LogP contribution >= 0.6 is 11.8 Å². The molecule has 2 amide bonds. The minimum atomic E-state index is -0.604. The van der Waals surface area contributed by atoms with E-state index in [1.165, 1.54) is 36.4 Å². The molecule has 0 spiro atoms. The summed E-state index contributed by atoms with van der Waals surface area (Å²) in [4.78, 5) is 60.1. The summed E-state index contributed by atoms with van der Waals surface area (Å²) in [6, 6.07) is 18.7. The first-order valence-corrected chi connectivity index (χ1v) is 12.4. The van der Waals surface area contributed by atoms with E-state index in [4.69, 9.17) is 0 Å². The van der Waals surface area contributed by atoms with E-state index in [-0.39, 0.29) is 21.8 Å². The summed E-state index contributed by atoms with van der Waals surface area (Å²) in [7, 11) is 0. The molecule has 2 heterocycles. The summed E-state index contributed by atoms with van der Waals surface area (Å²) < 4.78 is 1.95. The Balaban J connectivity index is 1.38. The predicted octanol–water partition coefficient (Wildman–Crippen LogP) is 5.43. The van der Waals surface area contributed by atoms with E-state index in [2.05, 4.69) is 0 Å². The van der Waals surface area contributed by atoms with Gasteiger partial charge in [-0.15, -0.1) is 0 Å². The average Bonchev–Trinajstić information content (AvgIpc) is 3.40.